The van der Waals surface area contributed by atoms with Gasteiger partial charge in [-0.1, -0.05) is 58.1 Å². The molecule has 1 aliphatic rings. The van der Waals surface area contributed by atoms with Crippen LogP contribution in [0.2, 0.25) is 19.6 Å². The largest absolute Gasteiger partial charge is 0.265 e. The molecular weight excluding hydrogens is 384 g/mol. The van der Waals surface area contributed by atoms with Crippen LogP contribution in [0.5, 0.6) is 0 Å². The van der Waals surface area contributed by atoms with E-state index in [1.165, 1.54) is 0 Å². The summed E-state index contributed by atoms with van der Waals surface area (Å²) in [5.74, 6) is 0. The zero-order valence-corrected chi connectivity index (χ0v) is 19.9. The summed E-state index contributed by atoms with van der Waals surface area (Å²) < 4.78 is 28.7. The van der Waals surface area contributed by atoms with Gasteiger partial charge in [0.2, 0.25) is 0 Å². The van der Waals surface area contributed by atoms with E-state index in [2.05, 4.69) is 46.5 Å². The van der Waals surface area contributed by atoms with Crippen LogP contribution in [-0.4, -0.2) is 28.0 Å². The second kappa shape index (κ2) is 6.99. The van der Waals surface area contributed by atoms with Gasteiger partial charge in [0.1, 0.15) is 8.07 Å². The molecule has 0 radical (unpaired) electrons. The van der Waals surface area contributed by atoms with Gasteiger partial charge >= 0.3 is 0 Å². The number of aromatic nitrogens is 1. The fourth-order valence-corrected chi connectivity index (χ4v) is 6.66. The summed E-state index contributed by atoms with van der Waals surface area (Å²) in [6.45, 7) is 15.7. The van der Waals surface area contributed by atoms with Crippen LogP contribution in [0.15, 0.2) is 35.2 Å². The minimum absolute atomic E-state index is 0.0679. The van der Waals surface area contributed by atoms with E-state index < -0.39 is 18.1 Å². The van der Waals surface area contributed by atoms with Crippen molar-refractivity contribution >= 4 is 29.1 Å². The van der Waals surface area contributed by atoms with Crippen molar-refractivity contribution in [1.82, 2.24) is 4.98 Å². The van der Waals surface area contributed by atoms with Crippen molar-refractivity contribution in [3.05, 3.63) is 47.2 Å². The Bertz CT molecular complexity index is 985. The summed E-state index contributed by atoms with van der Waals surface area (Å²) in [5.41, 5.74) is 4.01. The first-order valence-electron chi connectivity index (χ1n) is 9.96. The summed E-state index contributed by atoms with van der Waals surface area (Å²) in [6, 6.07) is 9.28. The SMILES string of the molecule is Cc1ccc(S(=O)(=O)N2CCCc3cc(C(C)(C)C)nc([Si](C)(C)C)c32)cc1. The lowest BCUT2D eigenvalue weighted by molar-refractivity contribution is 0.567. The third kappa shape index (κ3) is 3.89. The van der Waals surface area contributed by atoms with Crippen LogP contribution in [0.25, 0.3) is 0 Å². The van der Waals surface area contributed by atoms with Crippen LogP contribution >= 0.6 is 0 Å². The molecule has 0 unspecified atom stereocenters. The van der Waals surface area contributed by atoms with Crippen LogP contribution in [0, 0.1) is 6.92 Å². The first-order chi connectivity index (χ1) is 12.8. The normalized spacial score (nSPS) is 15.5. The van der Waals surface area contributed by atoms with E-state index in [4.69, 9.17) is 4.98 Å². The molecule has 0 spiro atoms. The van der Waals surface area contributed by atoms with Crippen molar-refractivity contribution in [3.8, 4) is 0 Å². The number of rotatable bonds is 3. The van der Waals surface area contributed by atoms with Gasteiger partial charge in [-0.05, 0) is 43.5 Å². The molecule has 28 heavy (non-hydrogen) atoms. The van der Waals surface area contributed by atoms with Crippen LogP contribution in [0.4, 0.5) is 5.69 Å². The van der Waals surface area contributed by atoms with Crippen molar-refractivity contribution in [1.29, 1.82) is 0 Å². The molecular formula is C22H32N2O2SSi. The van der Waals surface area contributed by atoms with E-state index >= 15 is 0 Å². The van der Waals surface area contributed by atoms with E-state index in [9.17, 15) is 8.42 Å². The molecule has 4 nitrogen and oxygen atoms in total. The first-order valence-corrected chi connectivity index (χ1v) is 14.9. The number of hydrogen-bond donors (Lipinski definition) is 0. The van der Waals surface area contributed by atoms with Crippen molar-refractivity contribution < 1.29 is 8.42 Å². The molecule has 2 aromatic rings. The van der Waals surface area contributed by atoms with E-state index in [0.717, 1.165) is 40.7 Å². The van der Waals surface area contributed by atoms with Crippen LogP contribution in [-0.2, 0) is 21.9 Å². The highest BCUT2D eigenvalue weighted by Gasteiger charge is 2.36. The molecule has 0 saturated carbocycles. The quantitative estimate of drug-likeness (QED) is 0.698. The second-order valence-corrected chi connectivity index (χ2v) is 16.7. The highest BCUT2D eigenvalue weighted by molar-refractivity contribution is 7.92. The molecule has 1 aliphatic heterocycles. The summed E-state index contributed by atoms with van der Waals surface area (Å²) in [6.07, 6.45) is 1.73. The highest BCUT2D eigenvalue weighted by Crippen LogP contribution is 2.34. The van der Waals surface area contributed by atoms with Gasteiger partial charge in [-0.2, -0.15) is 0 Å². The van der Waals surface area contributed by atoms with Crippen molar-refractivity contribution in [2.75, 3.05) is 10.8 Å². The predicted octanol–water partition coefficient (Wildman–Crippen LogP) is 4.37. The fourth-order valence-electron chi connectivity index (χ4n) is 3.57. The number of fused-ring (bicyclic) bond motifs is 1. The molecule has 0 amide bonds. The Balaban J connectivity index is 2.24. The van der Waals surface area contributed by atoms with Gasteiger partial charge in [0.25, 0.3) is 10.0 Å². The number of anilines is 1. The molecule has 2 heterocycles. The molecule has 0 fully saturated rings. The Labute approximate surface area is 171 Å². The van der Waals surface area contributed by atoms with Crippen molar-refractivity contribution in [3.63, 3.8) is 0 Å². The molecule has 6 heteroatoms. The van der Waals surface area contributed by atoms with Crippen LogP contribution < -0.4 is 9.62 Å². The lowest BCUT2D eigenvalue weighted by atomic mass is 9.89. The molecule has 3 rings (SSSR count). The number of pyridine rings is 1. The average Bonchev–Trinajstić information content (AvgIpc) is 2.59. The third-order valence-corrected chi connectivity index (χ3v) is 8.80. The maximum Gasteiger partial charge on any atom is 0.264 e. The summed E-state index contributed by atoms with van der Waals surface area (Å²) in [5, 5.41) is 1.00. The summed E-state index contributed by atoms with van der Waals surface area (Å²) in [4.78, 5) is 5.41. The van der Waals surface area contributed by atoms with Gasteiger partial charge in [-0.3, -0.25) is 9.29 Å². The number of aryl methyl sites for hydroxylation is 2. The predicted molar refractivity (Wildman–Crippen MR) is 120 cm³/mol. The smallest absolute Gasteiger partial charge is 0.264 e. The van der Waals surface area contributed by atoms with Gasteiger partial charge in [0, 0.05) is 23.0 Å². The van der Waals surface area contributed by atoms with E-state index in [1.54, 1.807) is 16.4 Å². The maximum atomic E-state index is 13.5. The Morgan fingerprint density at radius 1 is 1.07 bits per heavy atom. The number of nitrogens with zero attached hydrogens (tertiary/aromatic N) is 2. The molecule has 0 saturated heterocycles. The van der Waals surface area contributed by atoms with Gasteiger partial charge in [-0.25, -0.2) is 8.42 Å². The molecule has 152 valence electrons. The van der Waals surface area contributed by atoms with E-state index in [-0.39, 0.29) is 5.41 Å². The second-order valence-electron chi connectivity index (χ2n) is 9.86. The fraction of sp³-hybridized carbons (Fsp3) is 0.500. The van der Waals surface area contributed by atoms with Crippen LogP contribution in [0.1, 0.15) is 44.0 Å². The Kier molecular flexibility index (Phi) is 5.26. The zero-order chi connectivity index (χ0) is 20.9. The molecule has 0 N–H and O–H groups in total. The molecule has 0 atom stereocenters. The molecule has 1 aromatic carbocycles. The third-order valence-electron chi connectivity index (χ3n) is 5.22. The van der Waals surface area contributed by atoms with Gasteiger partial charge in [-0.15, -0.1) is 0 Å². The first kappa shape index (κ1) is 21.1. The van der Waals surface area contributed by atoms with E-state index in [1.807, 2.05) is 19.1 Å². The van der Waals surface area contributed by atoms with Gasteiger partial charge in [0.15, 0.2) is 0 Å². The standard InChI is InChI=1S/C22H32N2O2SSi/c1-16-10-12-18(13-11-16)27(25,26)24-14-8-9-17-15-19(22(2,3)4)23-21(20(17)24)28(5,6)7/h10-13,15H,8-9,14H2,1-7H3. The Morgan fingerprint density at radius 3 is 2.21 bits per heavy atom. The monoisotopic (exact) mass is 416 g/mol. The topological polar surface area (TPSA) is 50.3 Å². The Hall–Kier alpha value is -1.66. The highest BCUT2D eigenvalue weighted by atomic mass is 32.2. The van der Waals surface area contributed by atoms with Gasteiger partial charge < -0.3 is 0 Å². The lowest BCUT2D eigenvalue weighted by Gasteiger charge is -2.36. The van der Waals surface area contributed by atoms with Crippen molar-refractivity contribution in [2.45, 2.75) is 70.5 Å². The van der Waals surface area contributed by atoms with Crippen molar-refractivity contribution in [2.24, 2.45) is 0 Å². The Morgan fingerprint density at radius 2 is 1.68 bits per heavy atom. The number of benzene rings is 1. The van der Waals surface area contributed by atoms with Crippen LogP contribution in [0.3, 0.4) is 0 Å². The zero-order valence-electron chi connectivity index (χ0n) is 18.1. The minimum atomic E-state index is -3.61. The summed E-state index contributed by atoms with van der Waals surface area (Å²) >= 11 is 0. The number of hydrogen-bond acceptors (Lipinski definition) is 3. The molecule has 1 aromatic heterocycles. The molecule has 0 aliphatic carbocycles. The molecule has 0 bridgehead atoms. The van der Waals surface area contributed by atoms with Gasteiger partial charge in [0.05, 0.1) is 10.6 Å². The average molecular weight is 417 g/mol. The maximum absolute atomic E-state index is 13.5. The summed E-state index contributed by atoms with van der Waals surface area (Å²) in [7, 11) is -5.48. The van der Waals surface area contributed by atoms with E-state index in [0.29, 0.717) is 11.4 Å². The lowest BCUT2D eigenvalue weighted by Crippen LogP contribution is -2.49. The minimum Gasteiger partial charge on any atom is -0.265 e. The number of sulfonamides is 1.